The summed E-state index contributed by atoms with van der Waals surface area (Å²) < 4.78 is 6.39. The van der Waals surface area contributed by atoms with Gasteiger partial charge in [-0.25, -0.2) is 4.98 Å². The van der Waals surface area contributed by atoms with Crippen molar-refractivity contribution in [1.29, 1.82) is 0 Å². The number of hydrogen-bond acceptors (Lipinski definition) is 4. The SMILES string of the molecule is N/C(=N\O)c1ccc(Oc2ccc(Br)cc2Cl)nc1. The zero-order valence-electron chi connectivity index (χ0n) is 9.55. The number of oxime groups is 1. The molecule has 2 aromatic rings. The van der Waals surface area contributed by atoms with E-state index in [9.17, 15) is 0 Å². The molecule has 0 aliphatic rings. The lowest BCUT2D eigenvalue weighted by molar-refractivity contribution is 0.318. The van der Waals surface area contributed by atoms with E-state index >= 15 is 0 Å². The average molecular weight is 343 g/mol. The van der Waals surface area contributed by atoms with Crippen molar-refractivity contribution in [2.45, 2.75) is 0 Å². The molecule has 3 N–H and O–H groups in total. The molecule has 1 aromatic heterocycles. The summed E-state index contributed by atoms with van der Waals surface area (Å²) in [5, 5.41) is 11.9. The smallest absolute Gasteiger partial charge is 0.219 e. The molecule has 0 atom stereocenters. The molecule has 0 saturated heterocycles. The molecule has 0 bridgehead atoms. The normalized spacial score (nSPS) is 11.4. The fourth-order valence-corrected chi connectivity index (χ4v) is 2.03. The fraction of sp³-hybridized carbons (Fsp3) is 0. The molecule has 0 aliphatic heterocycles. The van der Waals surface area contributed by atoms with Gasteiger partial charge in [0.1, 0.15) is 5.75 Å². The lowest BCUT2D eigenvalue weighted by atomic mass is 10.3. The first-order valence-electron chi connectivity index (χ1n) is 5.17. The molecule has 5 nitrogen and oxygen atoms in total. The number of aromatic nitrogens is 1. The largest absolute Gasteiger partial charge is 0.437 e. The topological polar surface area (TPSA) is 80.7 Å². The minimum absolute atomic E-state index is 0.0132. The highest BCUT2D eigenvalue weighted by atomic mass is 79.9. The highest BCUT2D eigenvalue weighted by Crippen LogP contribution is 2.30. The maximum absolute atomic E-state index is 8.54. The Hall–Kier alpha value is -1.79. The van der Waals surface area contributed by atoms with Gasteiger partial charge in [0, 0.05) is 22.3 Å². The molecule has 7 heteroatoms. The zero-order valence-corrected chi connectivity index (χ0v) is 11.9. The van der Waals surface area contributed by atoms with E-state index in [1.165, 1.54) is 6.20 Å². The molecule has 0 radical (unpaired) electrons. The highest BCUT2D eigenvalue weighted by molar-refractivity contribution is 9.10. The molecule has 1 aromatic carbocycles. The molecule has 0 fully saturated rings. The van der Waals surface area contributed by atoms with Gasteiger partial charge in [0.15, 0.2) is 5.84 Å². The second-order valence-corrected chi connectivity index (χ2v) is 4.87. The molecule has 0 spiro atoms. The molecule has 98 valence electrons. The Morgan fingerprint density at radius 3 is 2.74 bits per heavy atom. The van der Waals surface area contributed by atoms with Gasteiger partial charge in [0.25, 0.3) is 0 Å². The van der Waals surface area contributed by atoms with Crippen molar-refractivity contribution in [3.63, 3.8) is 0 Å². The second kappa shape index (κ2) is 5.90. The van der Waals surface area contributed by atoms with Crippen LogP contribution in [0.3, 0.4) is 0 Å². The van der Waals surface area contributed by atoms with Crippen molar-refractivity contribution in [2.24, 2.45) is 10.9 Å². The van der Waals surface area contributed by atoms with Crippen LogP contribution in [0.4, 0.5) is 0 Å². The molecule has 0 saturated carbocycles. The van der Waals surface area contributed by atoms with E-state index in [-0.39, 0.29) is 5.84 Å². The Kier molecular flexibility index (Phi) is 4.24. The number of hydrogen-bond donors (Lipinski definition) is 2. The summed E-state index contributed by atoms with van der Waals surface area (Å²) in [6.45, 7) is 0. The third kappa shape index (κ3) is 3.36. The van der Waals surface area contributed by atoms with E-state index in [4.69, 9.17) is 27.3 Å². The fourth-order valence-electron chi connectivity index (χ4n) is 1.32. The summed E-state index contributed by atoms with van der Waals surface area (Å²) in [5.74, 6) is 0.841. The molecule has 0 amide bonds. The number of ether oxygens (including phenoxy) is 1. The van der Waals surface area contributed by atoms with Crippen molar-refractivity contribution < 1.29 is 9.94 Å². The van der Waals surface area contributed by atoms with Gasteiger partial charge in [-0.2, -0.15) is 0 Å². The standard InChI is InChI=1S/C12H9BrClN3O2/c13-8-2-3-10(9(14)5-8)19-11-4-1-7(6-16-11)12(15)17-18/h1-6,18H,(H2,15,17). The van der Waals surface area contributed by atoms with Gasteiger partial charge in [-0.05, 0) is 24.3 Å². The first-order chi connectivity index (χ1) is 9.10. The van der Waals surface area contributed by atoms with Crippen LogP contribution in [-0.2, 0) is 0 Å². The van der Waals surface area contributed by atoms with E-state index in [0.717, 1.165) is 4.47 Å². The molecular weight excluding hydrogens is 334 g/mol. The average Bonchev–Trinajstić information content (AvgIpc) is 2.42. The molecular formula is C12H9BrClN3O2. The van der Waals surface area contributed by atoms with E-state index in [1.807, 2.05) is 6.07 Å². The summed E-state index contributed by atoms with van der Waals surface area (Å²) in [4.78, 5) is 4.04. The monoisotopic (exact) mass is 341 g/mol. The Balaban J connectivity index is 2.20. The predicted octanol–water partition coefficient (Wildman–Crippen LogP) is 3.38. The highest BCUT2D eigenvalue weighted by Gasteiger charge is 2.06. The first-order valence-corrected chi connectivity index (χ1v) is 6.34. The molecule has 0 unspecified atom stereocenters. The molecule has 2 rings (SSSR count). The van der Waals surface area contributed by atoms with Crippen LogP contribution in [0.2, 0.25) is 5.02 Å². The van der Waals surface area contributed by atoms with Crippen LogP contribution in [0.5, 0.6) is 11.6 Å². The summed E-state index contributed by atoms with van der Waals surface area (Å²) in [7, 11) is 0. The van der Waals surface area contributed by atoms with Gasteiger partial charge < -0.3 is 15.7 Å². The maximum atomic E-state index is 8.54. The van der Waals surface area contributed by atoms with Crippen LogP contribution >= 0.6 is 27.5 Å². The number of halogens is 2. The van der Waals surface area contributed by atoms with Gasteiger partial charge in [0.2, 0.25) is 5.88 Å². The molecule has 1 heterocycles. The quantitative estimate of drug-likeness (QED) is 0.388. The summed E-state index contributed by atoms with van der Waals surface area (Å²) in [6.07, 6.45) is 1.44. The lowest BCUT2D eigenvalue weighted by Crippen LogP contribution is -2.13. The van der Waals surface area contributed by atoms with Crippen LogP contribution < -0.4 is 10.5 Å². The lowest BCUT2D eigenvalue weighted by Gasteiger charge is -2.07. The van der Waals surface area contributed by atoms with Gasteiger partial charge in [-0.3, -0.25) is 0 Å². The third-order valence-electron chi connectivity index (χ3n) is 2.25. The molecule has 19 heavy (non-hydrogen) atoms. The van der Waals surface area contributed by atoms with Crippen molar-refractivity contribution in [3.05, 3.63) is 51.6 Å². The summed E-state index contributed by atoms with van der Waals surface area (Å²) in [6, 6.07) is 8.50. The number of pyridine rings is 1. The number of nitrogens with two attached hydrogens (primary N) is 1. The van der Waals surface area contributed by atoms with Crippen LogP contribution in [0.15, 0.2) is 46.2 Å². The number of rotatable bonds is 3. The van der Waals surface area contributed by atoms with Crippen LogP contribution in [-0.4, -0.2) is 16.0 Å². The van der Waals surface area contributed by atoms with Crippen molar-refractivity contribution in [1.82, 2.24) is 4.98 Å². The van der Waals surface area contributed by atoms with E-state index < -0.39 is 0 Å². The third-order valence-corrected chi connectivity index (χ3v) is 3.04. The minimum atomic E-state index is -0.0132. The van der Waals surface area contributed by atoms with Crippen molar-refractivity contribution in [2.75, 3.05) is 0 Å². The van der Waals surface area contributed by atoms with Crippen molar-refractivity contribution in [3.8, 4) is 11.6 Å². The number of amidine groups is 1. The Morgan fingerprint density at radius 1 is 1.37 bits per heavy atom. The van der Waals surface area contributed by atoms with Gasteiger partial charge in [-0.1, -0.05) is 32.7 Å². The van der Waals surface area contributed by atoms with Gasteiger partial charge in [-0.15, -0.1) is 0 Å². The summed E-state index contributed by atoms with van der Waals surface area (Å²) >= 11 is 9.34. The minimum Gasteiger partial charge on any atom is -0.437 e. The Labute approximate surface area is 122 Å². The number of benzene rings is 1. The van der Waals surface area contributed by atoms with E-state index in [2.05, 4.69) is 26.1 Å². The van der Waals surface area contributed by atoms with Crippen LogP contribution in [0, 0.1) is 0 Å². The van der Waals surface area contributed by atoms with E-state index in [0.29, 0.717) is 22.2 Å². The van der Waals surface area contributed by atoms with Gasteiger partial charge >= 0.3 is 0 Å². The second-order valence-electron chi connectivity index (χ2n) is 3.55. The Bertz CT molecular complexity index is 617. The predicted molar refractivity (Wildman–Crippen MR) is 76.0 cm³/mol. The maximum Gasteiger partial charge on any atom is 0.219 e. The summed E-state index contributed by atoms with van der Waals surface area (Å²) in [5.41, 5.74) is 5.93. The zero-order chi connectivity index (χ0) is 13.8. The molecule has 0 aliphatic carbocycles. The first kappa shape index (κ1) is 13.6. The Morgan fingerprint density at radius 2 is 2.16 bits per heavy atom. The van der Waals surface area contributed by atoms with Crippen LogP contribution in [0.1, 0.15) is 5.56 Å². The van der Waals surface area contributed by atoms with Gasteiger partial charge in [0.05, 0.1) is 5.02 Å². The number of nitrogens with zero attached hydrogens (tertiary/aromatic N) is 2. The van der Waals surface area contributed by atoms with Crippen molar-refractivity contribution >= 4 is 33.4 Å². The van der Waals surface area contributed by atoms with Crippen LogP contribution in [0.25, 0.3) is 0 Å². The van der Waals surface area contributed by atoms with E-state index in [1.54, 1.807) is 24.3 Å².